The van der Waals surface area contributed by atoms with Crippen LogP contribution in [0.25, 0.3) is 0 Å². The zero-order valence-corrected chi connectivity index (χ0v) is 25.8. The van der Waals surface area contributed by atoms with Crippen LogP contribution in [0.5, 0.6) is 0 Å². The highest BCUT2D eigenvalue weighted by atomic mass is 15.3. The predicted molar refractivity (Wildman–Crippen MR) is 161 cm³/mol. The van der Waals surface area contributed by atoms with Gasteiger partial charge in [0.1, 0.15) is 24.5 Å². The van der Waals surface area contributed by atoms with Gasteiger partial charge in [-0.05, 0) is 109 Å². The summed E-state index contributed by atoms with van der Waals surface area (Å²) in [6, 6.07) is 9.49. The molecular weight excluding hydrogens is 448 g/mol. The van der Waals surface area contributed by atoms with E-state index in [9.17, 15) is 0 Å². The zero-order valence-electron chi connectivity index (χ0n) is 25.8. The number of rotatable bonds is 8. The Hall–Kier alpha value is -2.09. The lowest BCUT2D eigenvalue weighted by Crippen LogP contribution is -2.26. The van der Waals surface area contributed by atoms with Crippen LogP contribution in [0.1, 0.15) is 102 Å². The summed E-state index contributed by atoms with van der Waals surface area (Å²) in [5.74, 6) is 0. The molecule has 0 spiro atoms. The minimum atomic E-state index is -0.200. The van der Waals surface area contributed by atoms with Crippen LogP contribution in [0.3, 0.4) is 0 Å². The van der Waals surface area contributed by atoms with Gasteiger partial charge >= 0.3 is 0 Å². The molecule has 2 aromatic rings. The van der Waals surface area contributed by atoms with Crippen LogP contribution in [0, 0.1) is 52.4 Å². The van der Waals surface area contributed by atoms with Gasteiger partial charge in [0.15, 0.2) is 0 Å². The first kappa shape index (κ1) is 29.5. The van der Waals surface area contributed by atoms with Gasteiger partial charge in [-0.1, -0.05) is 79.7 Å². The number of benzene rings is 2. The van der Waals surface area contributed by atoms with E-state index in [0.717, 1.165) is 25.9 Å². The summed E-state index contributed by atoms with van der Waals surface area (Å²) in [6.45, 7) is 41.5. The molecule has 0 atom stereocenters. The first-order chi connectivity index (χ1) is 16.7. The lowest BCUT2D eigenvalue weighted by molar-refractivity contribution is -0.425. The van der Waals surface area contributed by atoms with E-state index in [4.69, 9.17) is 13.8 Å². The third kappa shape index (κ3) is 6.87. The van der Waals surface area contributed by atoms with Gasteiger partial charge in [0, 0.05) is 0 Å². The molecule has 0 saturated carbocycles. The van der Waals surface area contributed by atoms with Gasteiger partial charge in [0.05, 0.1) is 0 Å². The minimum absolute atomic E-state index is 0.0237. The van der Waals surface area contributed by atoms with E-state index in [2.05, 4.69) is 123 Å². The first-order valence-corrected chi connectivity index (χ1v) is 13.9. The molecule has 1 aliphatic heterocycles. The topological polar surface area (TPSA) is 6.25 Å². The lowest BCUT2D eigenvalue weighted by Gasteiger charge is -2.33. The van der Waals surface area contributed by atoms with Crippen molar-refractivity contribution in [2.24, 2.45) is 10.8 Å². The van der Waals surface area contributed by atoms with E-state index >= 15 is 0 Å². The summed E-state index contributed by atoms with van der Waals surface area (Å²) in [7, 11) is 0. The third-order valence-corrected chi connectivity index (χ3v) is 7.78. The molecule has 0 aromatic heterocycles. The maximum absolute atomic E-state index is 6.39. The van der Waals surface area contributed by atoms with E-state index in [-0.39, 0.29) is 21.7 Å². The molecule has 200 valence electrons. The molecule has 37 heavy (non-hydrogen) atoms. The van der Waals surface area contributed by atoms with Crippen molar-refractivity contribution in [1.82, 2.24) is 0 Å². The highest BCUT2D eigenvalue weighted by molar-refractivity contribution is 5.82. The van der Waals surface area contributed by atoms with Gasteiger partial charge in [-0.2, -0.15) is 0 Å². The van der Waals surface area contributed by atoms with Crippen molar-refractivity contribution >= 4 is 17.7 Å². The minimum Gasteiger partial charge on any atom is -0.229 e. The van der Waals surface area contributed by atoms with Crippen molar-refractivity contribution in [1.29, 1.82) is 0 Å². The van der Waals surface area contributed by atoms with Crippen molar-refractivity contribution < 1.29 is 4.58 Å². The van der Waals surface area contributed by atoms with Gasteiger partial charge in [0.2, 0.25) is 6.34 Å². The largest absolute Gasteiger partial charge is 0.244 e. The predicted octanol–water partition coefficient (Wildman–Crippen LogP) is 8.92. The molecule has 1 heterocycles. The summed E-state index contributed by atoms with van der Waals surface area (Å²) in [5.41, 5.74) is 10.3. The van der Waals surface area contributed by atoms with Crippen LogP contribution in [0.4, 0.5) is 11.4 Å². The fourth-order valence-corrected chi connectivity index (χ4v) is 6.92. The van der Waals surface area contributed by atoms with Crippen molar-refractivity contribution in [2.75, 3.05) is 18.0 Å². The molecule has 2 heteroatoms. The molecule has 3 rings (SSSR count). The van der Waals surface area contributed by atoms with E-state index < -0.39 is 0 Å². The SMILES string of the molecule is [CH]C(C)(C)CC(C)(C)c1cc(C)c(N2C=[N+](c3c(C)cc(C(C)(C)CC([CH])(C)C)cc3C)CC2)c(C)c1. The molecule has 0 amide bonds. The van der Waals surface area contributed by atoms with Gasteiger partial charge in [-0.3, -0.25) is 0 Å². The average Bonchev–Trinajstić information content (AvgIpc) is 3.12. The Morgan fingerprint density at radius 3 is 1.43 bits per heavy atom. The lowest BCUT2D eigenvalue weighted by atomic mass is 9.71. The van der Waals surface area contributed by atoms with Crippen LogP contribution in [0.15, 0.2) is 24.3 Å². The number of nitrogens with zero attached hydrogens (tertiary/aromatic N) is 2. The molecule has 0 saturated heterocycles. The van der Waals surface area contributed by atoms with Crippen LogP contribution in [0.2, 0.25) is 0 Å². The molecule has 0 unspecified atom stereocenters. The molecule has 2 aromatic carbocycles. The summed E-state index contributed by atoms with van der Waals surface area (Å²) in [4.78, 5) is 2.43. The second kappa shape index (κ2) is 9.90. The molecular formula is C35H51N2+. The van der Waals surface area contributed by atoms with Gasteiger partial charge in [-0.25, -0.2) is 9.48 Å². The first-order valence-electron chi connectivity index (χ1n) is 13.9. The molecule has 0 N–H and O–H groups in total. The monoisotopic (exact) mass is 499 g/mol. The maximum atomic E-state index is 6.39. The highest BCUT2D eigenvalue weighted by Crippen LogP contribution is 2.41. The van der Waals surface area contributed by atoms with Gasteiger partial charge in [-0.15, -0.1) is 0 Å². The Morgan fingerprint density at radius 2 is 1.05 bits per heavy atom. The molecule has 4 radical (unpaired) electrons. The number of hydrogen-bond acceptors (Lipinski definition) is 1. The van der Waals surface area contributed by atoms with E-state index in [1.54, 1.807) is 0 Å². The molecule has 0 fully saturated rings. The second-order valence-corrected chi connectivity index (χ2v) is 14.5. The molecule has 1 aliphatic rings. The number of hydrogen-bond donors (Lipinski definition) is 0. The zero-order chi connectivity index (χ0) is 28.1. The van der Waals surface area contributed by atoms with Gasteiger partial charge < -0.3 is 0 Å². The summed E-state index contributed by atoms with van der Waals surface area (Å²) >= 11 is 0. The van der Waals surface area contributed by atoms with Crippen molar-refractivity contribution in [3.8, 4) is 0 Å². The highest BCUT2D eigenvalue weighted by Gasteiger charge is 2.33. The molecule has 2 nitrogen and oxygen atoms in total. The Kier molecular flexibility index (Phi) is 7.88. The van der Waals surface area contributed by atoms with Crippen LogP contribution >= 0.6 is 0 Å². The average molecular weight is 500 g/mol. The van der Waals surface area contributed by atoms with E-state index in [0.29, 0.717) is 0 Å². The van der Waals surface area contributed by atoms with Crippen molar-refractivity contribution in [2.45, 2.75) is 107 Å². The maximum Gasteiger partial charge on any atom is 0.244 e. The quantitative estimate of drug-likeness (QED) is 0.329. The number of anilines is 1. The summed E-state index contributed by atoms with van der Waals surface area (Å²) < 4.78 is 2.43. The summed E-state index contributed by atoms with van der Waals surface area (Å²) in [6.07, 6.45) is 4.19. The Labute approximate surface area is 229 Å². The van der Waals surface area contributed by atoms with Crippen LogP contribution < -0.4 is 4.90 Å². The fraction of sp³-hybridized carbons (Fsp3) is 0.571. The van der Waals surface area contributed by atoms with Crippen LogP contribution in [-0.2, 0) is 10.8 Å². The molecule has 0 bridgehead atoms. The fourth-order valence-electron chi connectivity index (χ4n) is 6.92. The normalized spacial score (nSPS) is 15.4. The van der Waals surface area contributed by atoms with Crippen LogP contribution in [-0.4, -0.2) is 24.0 Å². The Bertz CT molecular complexity index is 1130. The standard InChI is InChI=1S/C35H51N2/c1-24-17-28(34(11,12)21-32(5,6)7)18-25(2)30(24)36-15-16-37(23-36)31-26(3)19-29(20-27(31)4)35(13,14)22-33(8,9)10/h5,8,17-20,23H,15-16,21-22H2,1-4,6-7,9-14H3/q+1. The number of aryl methyl sites for hydroxylation is 4. The third-order valence-electron chi connectivity index (χ3n) is 7.78. The van der Waals surface area contributed by atoms with E-state index in [1.165, 1.54) is 44.8 Å². The Balaban J connectivity index is 1.94. The van der Waals surface area contributed by atoms with Gasteiger partial charge in [0.25, 0.3) is 0 Å². The molecule has 0 aliphatic carbocycles. The van der Waals surface area contributed by atoms with Crippen molar-refractivity contribution in [3.05, 3.63) is 71.5 Å². The van der Waals surface area contributed by atoms with E-state index in [1.807, 2.05) is 0 Å². The van der Waals surface area contributed by atoms with Crippen molar-refractivity contribution in [3.63, 3.8) is 0 Å². The smallest absolute Gasteiger partial charge is 0.229 e. The summed E-state index contributed by atoms with van der Waals surface area (Å²) in [5, 5.41) is 0. The second-order valence-electron chi connectivity index (χ2n) is 14.5. The Morgan fingerprint density at radius 1 is 0.676 bits per heavy atom.